The minimum Gasteiger partial charge on any atom is -0.370 e. The Bertz CT molecular complexity index is 401. The van der Waals surface area contributed by atoms with E-state index in [9.17, 15) is 0 Å². The van der Waals surface area contributed by atoms with Crippen LogP contribution in [0.5, 0.6) is 0 Å². The molecule has 0 heterocycles. The van der Waals surface area contributed by atoms with Crippen LogP contribution in [-0.4, -0.2) is 19.0 Å². The van der Waals surface area contributed by atoms with E-state index in [1.165, 1.54) is 18.4 Å². The molecule has 0 saturated carbocycles. The summed E-state index contributed by atoms with van der Waals surface area (Å²) in [6.07, 6.45) is 4.69. The zero-order valence-corrected chi connectivity index (χ0v) is 14.6. The van der Waals surface area contributed by atoms with E-state index in [2.05, 4.69) is 47.2 Å². The summed E-state index contributed by atoms with van der Waals surface area (Å²) in [5.74, 6) is 0.519. The molecule has 1 aromatic carbocycles. The lowest BCUT2D eigenvalue weighted by molar-refractivity contribution is 0.662. The summed E-state index contributed by atoms with van der Waals surface area (Å²) >= 11 is 0. The van der Waals surface area contributed by atoms with Crippen molar-refractivity contribution >= 4 is 29.9 Å². The van der Waals surface area contributed by atoms with Crippen LogP contribution in [-0.2, 0) is 6.42 Å². The Labute approximate surface area is 139 Å². The molecule has 0 radical (unpaired) electrons. The molecule has 0 atom stereocenters. The number of guanidine groups is 1. The lowest BCUT2D eigenvalue weighted by Crippen LogP contribution is -2.32. The molecule has 1 aromatic rings. The maximum Gasteiger partial charge on any atom is 0.188 e. The Morgan fingerprint density at radius 2 is 1.90 bits per heavy atom. The van der Waals surface area contributed by atoms with Crippen molar-refractivity contribution in [3.05, 3.63) is 48.0 Å². The van der Waals surface area contributed by atoms with Crippen LogP contribution in [0.2, 0.25) is 0 Å². The number of nitrogens with zero attached hydrogens (tertiary/aromatic N) is 1. The summed E-state index contributed by atoms with van der Waals surface area (Å²) in [6.45, 7) is 7.22. The van der Waals surface area contributed by atoms with Crippen molar-refractivity contribution in [1.82, 2.24) is 5.32 Å². The lowest BCUT2D eigenvalue weighted by atomic mass is 10.1. The van der Waals surface area contributed by atoms with Crippen molar-refractivity contribution in [1.29, 1.82) is 0 Å². The van der Waals surface area contributed by atoms with Crippen molar-refractivity contribution in [3.63, 3.8) is 0 Å². The third-order valence-electron chi connectivity index (χ3n) is 2.81. The molecule has 0 aliphatic heterocycles. The summed E-state index contributed by atoms with van der Waals surface area (Å²) in [4.78, 5) is 4.17. The molecule has 3 nitrogen and oxygen atoms in total. The molecule has 0 spiro atoms. The predicted molar refractivity (Wildman–Crippen MR) is 98.7 cm³/mol. The van der Waals surface area contributed by atoms with Crippen LogP contribution in [0.15, 0.2) is 47.5 Å². The van der Waals surface area contributed by atoms with Gasteiger partial charge in [0.2, 0.25) is 0 Å². The maximum absolute atomic E-state index is 5.73. The van der Waals surface area contributed by atoms with Gasteiger partial charge in [0.15, 0.2) is 5.96 Å². The van der Waals surface area contributed by atoms with Gasteiger partial charge in [-0.3, -0.25) is 0 Å². The van der Waals surface area contributed by atoms with Gasteiger partial charge in [0.1, 0.15) is 0 Å². The Morgan fingerprint density at radius 3 is 2.55 bits per heavy atom. The fourth-order valence-electron chi connectivity index (χ4n) is 1.77. The van der Waals surface area contributed by atoms with Crippen molar-refractivity contribution in [2.24, 2.45) is 10.7 Å². The molecular weight excluding hydrogens is 361 g/mol. The van der Waals surface area contributed by atoms with E-state index < -0.39 is 0 Å². The first-order chi connectivity index (χ1) is 9.18. The molecule has 0 fully saturated rings. The zero-order valence-electron chi connectivity index (χ0n) is 12.3. The van der Waals surface area contributed by atoms with E-state index >= 15 is 0 Å². The van der Waals surface area contributed by atoms with Crippen LogP contribution in [0.3, 0.4) is 0 Å². The van der Waals surface area contributed by atoms with Gasteiger partial charge in [0.25, 0.3) is 0 Å². The average molecular weight is 387 g/mol. The molecule has 0 bridgehead atoms. The molecule has 3 N–H and O–H groups in total. The number of hydrogen-bond acceptors (Lipinski definition) is 1. The highest BCUT2D eigenvalue weighted by Gasteiger charge is 1.94. The van der Waals surface area contributed by atoms with Gasteiger partial charge in [-0.25, -0.2) is 4.99 Å². The van der Waals surface area contributed by atoms with Gasteiger partial charge < -0.3 is 11.1 Å². The van der Waals surface area contributed by atoms with Gasteiger partial charge in [-0.05, 0) is 31.7 Å². The number of hydrogen-bond donors (Lipinski definition) is 2. The minimum absolute atomic E-state index is 0. The van der Waals surface area contributed by atoms with Gasteiger partial charge in [-0.2, -0.15) is 0 Å². The maximum atomic E-state index is 5.73. The molecule has 0 unspecified atom stereocenters. The molecule has 0 saturated heterocycles. The number of aliphatic imine (C=N–C) groups is 1. The number of halogens is 1. The van der Waals surface area contributed by atoms with E-state index in [1.807, 2.05) is 6.92 Å². The second kappa shape index (κ2) is 11.8. The fraction of sp³-hybridized carbons (Fsp3) is 0.438. The van der Waals surface area contributed by atoms with Crippen LogP contribution in [0.1, 0.15) is 31.7 Å². The monoisotopic (exact) mass is 387 g/mol. The summed E-state index contributed by atoms with van der Waals surface area (Å²) in [6, 6.07) is 10.6. The highest BCUT2D eigenvalue weighted by molar-refractivity contribution is 14.0. The van der Waals surface area contributed by atoms with Gasteiger partial charge >= 0.3 is 0 Å². The van der Waals surface area contributed by atoms with Crippen molar-refractivity contribution < 1.29 is 0 Å². The number of rotatable bonds is 8. The molecule has 4 heteroatoms. The van der Waals surface area contributed by atoms with Gasteiger partial charge in [-0.1, -0.05) is 48.9 Å². The lowest BCUT2D eigenvalue weighted by Gasteiger charge is -2.05. The van der Waals surface area contributed by atoms with Crippen molar-refractivity contribution in [2.45, 2.75) is 32.6 Å². The highest BCUT2D eigenvalue weighted by atomic mass is 127. The van der Waals surface area contributed by atoms with Gasteiger partial charge in [0.05, 0.1) is 6.54 Å². The average Bonchev–Trinajstić information content (AvgIpc) is 2.41. The second-order valence-electron chi connectivity index (χ2n) is 4.88. The first-order valence-corrected chi connectivity index (χ1v) is 6.90. The number of nitrogens with two attached hydrogens (primary N) is 1. The standard InChI is InChI=1S/C16H25N3.HI/c1-14(2)13-19-16(17)18-12-8-4-7-11-15-9-5-3-6-10-15;/h3,5-6,9-10H,1,4,7-8,11-13H2,2H3,(H3,17,18,19);1H. The predicted octanol–water partition coefficient (Wildman–Crippen LogP) is 3.50. The largest absolute Gasteiger partial charge is 0.370 e. The number of benzene rings is 1. The topological polar surface area (TPSA) is 50.4 Å². The van der Waals surface area contributed by atoms with Gasteiger partial charge in [0, 0.05) is 6.54 Å². The van der Waals surface area contributed by atoms with E-state index in [0.717, 1.165) is 25.0 Å². The molecule has 112 valence electrons. The highest BCUT2D eigenvalue weighted by Crippen LogP contribution is 2.05. The normalized spacial score (nSPS) is 10.8. The fourth-order valence-corrected chi connectivity index (χ4v) is 1.77. The van der Waals surface area contributed by atoms with Crippen LogP contribution in [0.25, 0.3) is 0 Å². The number of unbranched alkanes of at least 4 members (excludes halogenated alkanes) is 2. The summed E-state index contributed by atoms with van der Waals surface area (Å²) in [7, 11) is 0. The molecule has 0 aromatic heterocycles. The second-order valence-corrected chi connectivity index (χ2v) is 4.88. The van der Waals surface area contributed by atoms with Crippen LogP contribution >= 0.6 is 24.0 Å². The smallest absolute Gasteiger partial charge is 0.188 e. The SMILES string of the molecule is C=C(C)CN=C(N)NCCCCCc1ccccc1.I. The Kier molecular flexibility index (Phi) is 11.1. The van der Waals surface area contributed by atoms with E-state index in [-0.39, 0.29) is 24.0 Å². The Balaban J connectivity index is 0.00000361. The molecule has 1 rings (SSSR count). The zero-order chi connectivity index (χ0) is 13.9. The van der Waals surface area contributed by atoms with Gasteiger partial charge in [-0.15, -0.1) is 24.0 Å². The van der Waals surface area contributed by atoms with E-state index in [4.69, 9.17) is 5.73 Å². The van der Waals surface area contributed by atoms with Crippen molar-refractivity contribution in [3.8, 4) is 0 Å². The van der Waals surface area contributed by atoms with Crippen LogP contribution in [0.4, 0.5) is 0 Å². The summed E-state index contributed by atoms with van der Waals surface area (Å²) < 4.78 is 0. The van der Waals surface area contributed by atoms with Crippen LogP contribution in [0, 0.1) is 0 Å². The Hall–Kier alpha value is -1.04. The quantitative estimate of drug-likeness (QED) is 0.236. The summed E-state index contributed by atoms with van der Waals surface area (Å²) in [5, 5.41) is 3.12. The number of aryl methyl sites for hydroxylation is 1. The molecule has 0 aliphatic carbocycles. The first kappa shape index (κ1) is 19.0. The molecule has 20 heavy (non-hydrogen) atoms. The Morgan fingerprint density at radius 1 is 1.20 bits per heavy atom. The van der Waals surface area contributed by atoms with Crippen molar-refractivity contribution in [2.75, 3.05) is 13.1 Å². The first-order valence-electron chi connectivity index (χ1n) is 6.90. The van der Waals surface area contributed by atoms with E-state index in [1.54, 1.807) is 0 Å². The molecule has 0 aliphatic rings. The number of nitrogens with one attached hydrogen (secondary N) is 1. The van der Waals surface area contributed by atoms with Crippen LogP contribution < -0.4 is 11.1 Å². The summed E-state index contributed by atoms with van der Waals surface area (Å²) in [5.41, 5.74) is 8.16. The molecule has 0 amide bonds. The van der Waals surface area contributed by atoms with E-state index in [0.29, 0.717) is 12.5 Å². The third-order valence-corrected chi connectivity index (χ3v) is 2.81. The minimum atomic E-state index is 0. The molecular formula is C16H26IN3. The third kappa shape index (κ3) is 9.83.